The summed E-state index contributed by atoms with van der Waals surface area (Å²) >= 11 is 4.03. The van der Waals surface area contributed by atoms with Gasteiger partial charge in [-0.15, -0.1) is 0 Å². The third-order valence-electron chi connectivity index (χ3n) is 1.64. The van der Waals surface area contributed by atoms with E-state index in [1.54, 1.807) is 0 Å². The van der Waals surface area contributed by atoms with Crippen molar-refractivity contribution in [1.29, 1.82) is 0 Å². The molecule has 0 aliphatic heterocycles. The molecule has 0 bridgehead atoms. The molecule has 5 nitrogen and oxygen atoms in total. The van der Waals surface area contributed by atoms with Crippen molar-refractivity contribution >= 4 is 18.7 Å². The summed E-state index contributed by atoms with van der Waals surface area (Å²) in [6.07, 6.45) is 0.429. The number of alkyl carbamates (subject to hydrolysis) is 1. The Balaban J connectivity index is 3.09. The molecule has 0 aromatic carbocycles. The van der Waals surface area contributed by atoms with E-state index >= 15 is 0 Å². The molecule has 0 saturated carbocycles. The van der Waals surface area contributed by atoms with Gasteiger partial charge < -0.3 is 19.5 Å². The van der Waals surface area contributed by atoms with Crippen LogP contribution in [0.1, 0.15) is 13.3 Å². The Morgan fingerprint density at radius 2 is 1.88 bits per heavy atom. The monoisotopic (exact) mass is 251 g/mol. The highest BCUT2D eigenvalue weighted by atomic mass is 32.1. The maximum atomic E-state index is 11.0. The summed E-state index contributed by atoms with van der Waals surface area (Å²) in [5.41, 5.74) is 0. The molecule has 6 heteroatoms. The summed E-state index contributed by atoms with van der Waals surface area (Å²) in [5.74, 6) is 0.751. The standard InChI is InChI=1S/C10H21NO4S/c1-2-13-5-6-14-7-8-15-10(12)11-4-3-9-16/h16H,2-9H2,1H3,(H,11,12). The van der Waals surface area contributed by atoms with E-state index in [1.165, 1.54) is 0 Å². The summed E-state index contributed by atoms with van der Waals surface area (Å²) in [7, 11) is 0. The number of carbonyl (C=O) groups is 1. The van der Waals surface area contributed by atoms with Gasteiger partial charge in [0.05, 0.1) is 19.8 Å². The van der Waals surface area contributed by atoms with Crippen molar-refractivity contribution < 1.29 is 19.0 Å². The molecule has 0 fully saturated rings. The first kappa shape index (κ1) is 15.5. The zero-order valence-electron chi connectivity index (χ0n) is 9.74. The molecule has 16 heavy (non-hydrogen) atoms. The summed E-state index contributed by atoms with van der Waals surface area (Å²) in [6, 6.07) is 0. The molecule has 96 valence electrons. The lowest BCUT2D eigenvalue weighted by molar-refractivity contribution is 0.0314. The fourth-order valence-corrected chi connectivity index (χ4v) is 1.04. The number of thiol groups is 1. The highest BCUT2D eigenvalue weighted by Gasteiger charge is 1.99. The normalized spacial score (nSPS) is 10.1. The third-order valence-corrected chi connectivity index (χ3v) is 1.96. The number of hydrogen-bond acceptors (Lipinski definition) is 5. The van der Waals surface area contributed by atoms with Crippen LogP contribution in [-0.4, -0.2) is 51.4 Å². The molecule has 1 N–H and O–H groups in total. The molecular formula is C10H21NO4S. The second-order valence-electron chi connectivity index (χ2n) is 2.95. The molecule has 0 spiro atoms. The van der Waals surface area contributed by atoms with Gasteiger partial charge in [0.2, 0.25) is 0 Å². The number of carbonyl (C=O) groups excluding carboxylic acids is 1. The maximum Gasteiger partial charge on any atom is 0.407 e. The minimum atomic E-state index is -0.407. The Morgan fingerprint density at radius 1 is 1.19 bits per heavy atom. The van der Waals surface area contributed by atoms with E-state index in [1.807, 2.05) is 6.92 Å². The van der Waals surface area contributed by atoms with Crippen molar-refractivity contribution in [2.75, 3.05) is 45.3 Å². The van der Waals surface area contributed by atoms with E-state index in [4.69, 9.17) is 14.2 Å². The predicted octanol–water partition coefficient (Wildman–Crippen LogP) is 1.09. The van der Waals surface area contributed by atoms with Crippen molar-refractivity contribution in [3.8, 4) is 0 Å². The summed E-state index contributed by atoms with van der Waals surface area (Å²) < 4.78 is 15.1. The van der Waals surface area contributed by atoms with Crippen molar-refractivity contribution in [2.45, 2.75) is 13.3 Å². The molecule has 0 aromatic rings. The first-order chi connectivity index (χ1) is 7.81. The van der Waals surface area contributed by atoms with E-state index < -0.39 is 6.09 Å². The molecule has 0 rings (SSSR count). The number of rotatable bonds is 10. The SMILES string of the molecule is CCOCCOCCOC(=O)NCCCS. The molecule has 0 aliphatic carbocycles. The molecule has 0 radical (unpaired) electrons. The molecule has 0 unspecified atom stereocenters. The smallest absolute Gasteiger partial charge is 0.407 e. The van der Waals surface area contributed by atoms with Gasteiger partial charge in [0.1, 0.15) is 6.61 Å². The van der Waals surface area contributed by atoms with Gasteiger partial charge in [-0.25, -0.2) is 4.79 Å². The minimum Gasteiger partial charge on any atom is -0.447 e. The van der Waals surface area contributed by atoms with E-state index in [0.29, 0.717) is 33.0 Å². The largest absolute Gasteiger partial charge is 0.447 e. The Labute approximate surface area is 102 Å². The van der Waals surface area contributed by atoms with Gasteiger partial charge in [-0.1, -0.05) is 0 Å². The number of ether oxygens (including phenoxy) is 3. The molecule has 0 saturated heterocycles. The second kappa shape index (κ2) is 12.6. The number of amides is 1. The quantitative estimate of drug-likeness (QED) is 0.451. The topological polar surface area (TPSA) is 56.8 Å². The summed E-state index contributed by atoms with van der Waals surface area (Å²) in [6.45, 7) is 4.97. The highest BCUT2D eigenvalue weighted by Crippen LogP contribution is 1.84. The van der Waals surface area contributed by atoms with Crippen LogP contribution in [0.5, 0.6) is 0 Å². The van der Waals surface area contributed by atoms with Crippen molar-refractivity contribution in [3.63, 3.8) is 0 Å². The van der Waals surface area contributed by atoms with Crippen LogP contribution in [0.4, 0.5) is 4.79 Å². The average molecular weight is 251 g/mol. The predicted molar refractivity (Wildman–Crippen MR) is 65.1 cm³/mol. The first-order valence-corrected chi connectivity index (χ1v) is 6.11. The molecule has 0 aromatic heterocycles. The maximum absolute atomic E-state index is 11.0. The third kappa shape index (κ3) is 11.6. The number of nitrogens with one attached hydrogen (secondary N) is 1. The Morgan fingerprint density at radius 3 is 2.56 bits per heavy atom. The van der Waals surface area contributed by atoms with Crippen molar-refractivity contribution in [2.24, 2.45) is 0 Å². The minimum absolute atomic E-state index is 0.263. The van der Waals surface area contributed by atoms with Crippen LogP contribution in [0.15, 0.2) is 0 Å². The van der Waals surface area contributed by atoms with Gasteiger partial charge in [-0.05, 0) is 19.1 Å². The zero-order chi connectivity index (χ0) is 12.1. The summed E-state index contributed by atoms with van der Waals surface area (Å²) in [5, 5.41) is 2.60. The lowest BCUT2D eigenvalue weighted by Crippen LogP contribution is -2.26. The van der Waals surface area contributed by atoms with Crippen LogP contribution in [-0.2, 0) is 14.2 Å². The van der Waals surface area contributed by atoms with Gasteiger partial charge in [0, 0.05) is 13.2 Å². The molecule has 1 amide bonds. The van der Waals surface area contributed by atoms with Gasteiger partial charge >= 0.3 is 6.09 Å². The fourth-order valence-electron chi connectivity index (χ4n) is 0.878. The van der Waals surface area contributed by atoms with Crippen LogP contribution in [0.25, 0.3) is 0 Å². The highest BCUT2D eigenvalue weighted by molar-refractivity contribution is 7.80. The first-order valence-electron chi connectivity index (χ1n) is 5.48. The van der Waals surface area contributed by atoms with Crippen LogP contribution in [0.2, 0.25) is 0 Å². The Hall–Kier alpha value is -0.460. The lowest BCUT2D eigenvalue weighted by atomic mass is 10.5. The zero-order valence-corrected chi connectivity index (χ0v) is 10.6. The van der Waals surface area contributed by atoms with Crippen LogP contribution in [0.3, 0.4) is 0 Å². The van der Waals surface area contributed by atoms with Gasteiger partial charge in [-0.2, -0.15) is 12.6 Å². The van der Waals surface area contributed by atoms with E-state index in [9.17, 15) is 4.79 Å². The molecule has 0 atom stereocenters. The van der Waals surface area contributed by atoms with Crippen LogP contribution < -0.4 is 5.32 Å². The van der Waals surface area contributed by atoms with Crippen LogP contribution in [0, 0.1) is 0 Å². The molecule has 0 aliphatic rings. The van der Waals surface area contributed by atoms with Gasteiger partial charge in [0.15, 0.2) is 0 Å². The van der Waals surface area contributed by atoms with Crippen molar-refractivity contribution in [3.05, 3.63) is 0 Å². The fraction of sp³-hybridized carbons (Fsp3) is 0.900. The molecular weight excluding hydrogens is 230 g/mol. The van der Waals surface area contributed by atoms with E-state index in [-0.39, 0.29) is 6.61 Å². The lowest BCUT2D eigenvalue weighted by Gasteiger charge is -2.07. The van der Waals surface area contributed by atoms with E-state index in [0.717, 1.165) is 12.2 Å². The molecule has 0 heterocycles. The second-order valence-corrected chi connectivity index (χ2v) is 3.40. The number of hydrogen-bond donors (Lipinski definition) is 2. The van der Waals surface area contributed by atoms with Crippen LogP contribution >= 0.6 is 12.6 Å². The van der Waals surface area contributed by atoms with Gasteiger partial charge in [0.25, 0.3) is 0 Å². The van der Waals surface area contributed by atoms with Crippen molar-refractivity contribution in [1.82, 2.24) is 5.32 Å². The Kier molecular flexibility index (Phi) is 12.2. The average Bonchev–Trinajstić information content (AvgIpc) is 2.28. The van der Waals surface area contributed by atoms with Gasteiger partial charge in [-0.3, -0.25) is 0 Å². The van der Waals surface area contributed by atoms with E-state index in [2.05, 4.69) is 17.9 Å². The summed E-state index contributed by atoms with van der Waals surface area (Å²) in [4.78, 5) is 11.0. The Bertz CT molecular complexity index is 169.